The molecule has 0 saturated heterocycles. The van der Waals surface area contributed by atoms with Gasteiger partial charge < -0.3 is 15.2 Å². The third-order valence-electron chi connectivity index (χ3n) is 5.31. The molecule has 0 bridgehead atoms. The largest absolute Gasteiger partial charge is 0.325 e. The van der Waals surface area contributed by atoms with Crippen molar-refractivity contribution in [2.75, 3.05) is 16.4 Å². The molecule has 9 heteroatoms. The summed E-state index contributed by atoms with van der Waals surface area (Å²) in [5, 5.41) is 14.6. The molecule has 2 amide bonds. The maximum atomic E-state index is 13.9. The van der Waals surface area contributed by atoms with Gasteiger partial charge in [0, 0.05) is 24.0 Å². The molecule has 0 unspecified atom stereocenters. The molecule has 4 rings (SSSR count). The Morgan fingerprint density at radius 3 is 2.46 bits per heavy atom. The Labute approximate surface area is 206 Å². The predicted molar refractivity (Wildman–Crippen MR) is 136 cm³/mol. The molecule has 0 spiro atoms. The summed E-state index contributed by atoms with van der Waals surface area (Å²) in [7, 11) is 1.81. The van der Waals surface area contributed by atoms with Crippen LogP contribution in [0.4, 0.5) is 15.8 Å². The minimum absolute atomic E-state index is 0.0326. The van der Waals surface area contributed by atoms with Crippen molar-refractivity contribution in [3.63, 3.8) is 0 Å². The second-order valence-corrected chi connectivity index (χ2v) is 8.71. The number of amides is 2. The minimum atomic E-state index is -0.585. The number of carbonyl (C=O) groups is 2. The lowest BCUT2D eigenvalue weighted by Gasteiger charge is -2.09. The smallest absolute Gasteiger partial charge is 0.258 e. The van der Waals surface area contributed by atoms with E-state index < -0.39 is 11.7 Å². The van der Waals surface area contributed by atoms with Gasteiger partial charge >= 0.3 is 0 Å². The average molecular weight is 490 g/mol. The maximum Gasteiger partial charge on any atom is 0.258 e. The predicted octanol–water partition coefficient (Wildman–Crippen LogP) is 5.17. The lowest BCUT2D eigenvalue weighted by Crippen LogP contribution is -2.14. The number of hydrogen-bond donors (Lipinski definition) is 2. The highest BCUT2D eigenvalue weighted by Crippen LogP contribution is 2.25. The molecule has 3 aromatic carbocycles. The van der Waals surface area contributed by atoms with Crippen molar-refractivity contribution in [1.29, 1.82) is 0 Å². The zero-order valence-corrected chi connectivity index (χ0v) is 20.1. The molecule has 0 saturated carbocycles. The fourth-order valence-corrected chi connectivity index (χ4v) is 4.13. The molecule has 1 heterocycles. The van der Waals surface area contributed by atoms with Crippen LogP contribution in [0.3, 0.4) is 0 Å². The Morgan fingerprint density at radius 1 is 0.943 bits per heavy atom. The summed E-state index contributed by atoms with van der Waals surface area (Å²) in [6, 6.07) is 20.6. The Kier molecular flexibility index (Phi) is 7.57. The van der Waals surface area contributed by atoms with Crippen LogP contribution in [-0.2, 0) is 18.3 Å². The maximum absolute atomic E-state index is 13.9. The van der Waals surface area contributed by atoms with E-state index in [0.717, 1.165) is 17.7 Å². The molecule has 0 aliphatic heterocycles. The lowest BCUT2D eigenvalue weighted by molar-refractivity contribution is -0.113. The fraction of sp³-hybridized carbons (Fsp3) is 0.154. The number of anilines is 2. The van der Waals surface area contributed by atoms with E-state index in [-0.39, 0.29) is 17.2 Å². The Bertz CT molecular complexity index is 1350. The van der Waals surface area contributed by atoms with Crippen LogP contribution >= 0.6 is 11.8 Å². The number of carbonyl (C=O) groups excluding carboxylic acids is 2. The number of rotatable bonds is 8. The van der Waals surface area contributed by atoms with Crippen LogP contribution in [0.25, 0.3) is 11.4 Å². The summed E-state index contributed by atoms with van der Waals surface area (Å²) in [5.41, 5.74) is 3.15. The molecule has 2 N–H and O–H groups in total. The first kappa shape index (κ1) is 24.2. The van der Waals surface area contributed by atoms with E-state index in [1.807, 2.05) is 37.4 Å². The van der Waals surface area contributed by atoms with Crippen molar-refractivity contribution in [3.05, 3.63) is 89.7 Å². The van der Waals surface area contributed by atoms with Gasteiger partial charge in [-0.05, 0) is 48.4 Å². The van der Waals surface area contributed by atoms with Gasteiger partial charge in [-0.3, -0.25) is 9.59 Å². The SMILES string of the molecule is CCc1ccc(NC(=O)CSc2nnc(-c3cccc(NC(=O)c4ccccc4F)c3)n2C)cc1. The third kappa shape index (κ3) is 5.93. The highest BCUT2D eigenvalue weighted by molar-refractivity contribution is 7.99. The molecule has 0 atom stereocenters. The zero-order chi connectivity index (χ0) is 24.8. The second-order valence-electron chi connectivity index (χ2n) is 7.77. The molecule has 0 fully saturated rings. The number of thioether (sulfide) groups is 1. The first-order valence-corrected chi connectivity index (χ1v) is 12.0. The van der Waals surface area contributed by atoms with Gasteiger partial charge in [-0.15, -0.1) is 10.2 Å². The molecule has 0 aliphatic rings. The van der Waals surface area contributed by atoms with E-state index in [1.165, 1.54) is 35.5 Å². The van der Waals surface area contributed by atoms with Crippen molar-refractivity contribution in [1.82, 2.24) is 14.8 Å². The van der Waals surface area contributed by atoms with Crippen molar-refractivity contribution in [2.24, 2.45) is 7.05 Å². The molecular weight excluding hydrogens is 465 g/mol. The van der Waals surface area contributed by atoms with Crippen molar-refractivity contribution in [3.8, 4) is 11.4 Å². The normalized spacial score (nSPS) is 10.7. The number of halogens is 1. The summed E-state index contributed by atoms with van der Waals surface area (Å²) < 4.78 is 15.7. The van der Waals surface area contributed by atoms with E-state index in [4.69, 9.17) is 0 Å². The van der Waals surface area contributed by atoms with E-state index >= 15 is 0 Å². The van der Waals surface area contributed by atoms with Crippen LogP contribution in [0.1, 0.15) is 22.8 Å². The summed E-state index contributed by atoms with van der Waals surface area (Å²) in [6.07, 6.45) is 0.944. The van der Waals surface area contributed by atoms with Crippen LogP contribution in [0.15, 0.2) is 78.0 Å². The number of aryl methyl sites for hydroxylation is 1. The van der Waals surface area contributed by atoms with Gasteiger partial charge in [-0.1, -0.05) is 55.1 Å². The van der Waals surface area contributed by atoms with E-state index in [0.29, 0.717) is 16.7 Å². The zero-order valence-electron chi connectivity index (χ0n) is 19.3. The quantitative estimate of drug-likeness (QED) is 0.334. The first-order chi connectivity index (χ1) is 16.9. The van der Waals surface area contributed by atoms with Gasteiger partial charge in [0.1, 0.15) is 5.82 Å². The van der Waals surface area contributed by atoms with Gasteiger partial charge in [0.05, 0.1) is 11.3 Å². The highest BCUT2D eigenvalue weighted by Gasteiger charge is 2.15. The van der Waals surface area contributed by atoms with Crippen LogP contribution in [0, 0.1) is 5.82 Å². The molecule has 1 aromatic heterocycles. The van der Waals surface area contributed by atoms with Crippen molar-refractivity contribution < 1.29 is 14.0 Å². The summed E-state index contributed by atoms with van der Waals surface area (Å²) in [6.45, 7) is 2.08. The highest BCUT2D eigenvalue weighted by atomic mass is 32.2. The van der Waals surface area contributed by atoms with Gasteiger partial charge in [0.15, 0.2) is 11.0 Å². The van der Waals surface area contributed by atoms with E-state index in [2.05, 4.69) is 27.8 Å². The first-order valence-electron chi connectivity index (χ1n) is 11.0. The number of hydrogen-bond acceptors (Lipinski definition) is 5. The summed E-state index contributed by atoms with van der Waals surface area (Å²) in [4.78, 5) is 24.8. The van der Waals surface area contributed by atoms with Crippen LogP contribution in [-0.4, -0.2) is 32.3 Å². The third-order valence-corrected chi connectivity index (χ3v) is 6.33. The van der Waals surface area contributed by atoms with E-state index in [9.17, 15) is 14.0 Å². The second kappa shape index (κ2) is 11.0. The Hall–Kier alpha value is -3.98. The number of aromatic nitrogens is 3. The van der Waals surface area contributed by atoms with Crippen molar-refractivity contribution >= 4 is 35.0 Å². The molecule has 0 radical (unpaired) electrons. The Balaban J connectivity index is 1.40. The molecule has 178 valence electrons. The number of nitrogens with one attached hydrogen (secondary N) is 2. The van der Waals surface area contributed by atoms with Crippen molar-refractivity contribution in [2.45, 2.75) is 18.5 Å². The number of nitrogens with zero attached hydrogens (tertiary/aromatic N) is 3. The summed E-state index contributed by atoms with van der Waals surface area (Å²) >= 11 is 1.28. The van der Waals surface area contributed by atoms with Crippen LogP contribution in [0.5, 0.6) is 0 Å². The molecule has 4 aromatic rings. The topological polar surface area (TPSA) is 88.9 Å². The van der Waals surface area contributed by atoms with Gasteiger partial charge in [-0.25, -0.2) is 4.39 Å². The van der Waals surface area contributed by atoms with Crippen LogP contribution < -0.4 is 10.6 Å². The number of benzene rings is 3. The minimum Gasteiger partial charge on any atom is -0.325 e. The molecule has 35 heavy (non-hydrogen) atoms. The monoisotopic (exact) mass is 489 g/mol. The van der Waals surface area contributed by atoms with E-state index in [1.54, 1.807) is 28.8 Å². The van der Waals surface area contributed by atoms with Gasteiger partial charge in [0.25, 0.3) is 5.91 Å². The Morgan fingerprint density at radius 2 is 1.71 bits per heavy atom. The molecular formula is C26H24FN5O2S. The fourth-order valence-electron chi connectivity index (χ4n) is 3.42. The average Bonchev–Trinajstić information content (AvgIpc) is 3.23. The van der Waals surface area contributed by atoms with Gasteiger partial charge in [0.2, 0.25) is 5.91 Å². The molecule has 0 aliphatic carbocycles. The van der Waals surface area contributed by atoms with Gasteiger partial charge in [-0.2, -0.15) is 0 Å². The standard InChI is InChI=1S/C26H24FN5O2S/c1-3-17-11-13-19(14-12-17)28-23(33)16-35-26-31-30-24(32(26)2)18-7-6-8-20(15-18)29-25(34)21-9-4-5-10-22(21)27/h4-15H,3,16H2,1-2H3,(H,28,33)(H,29,34). The molecule has 7 nitrogen and oxygen atoms in total. The van der Waals surface area contributed by atoms with Crippen LogP contribution in [0.2, 0.25) is 0 Å². The summed E-state index contributed by atoms with van der Waals surface area (Å²) in [5.74, 6) is -0.505. The lowest BCUT2D eigenvalue weighted by atomic mass is 10.1.